The summed E-state index contributed by atoms with van der Waals surface area (Å²) in [7, 11) is 0. The quantitative estimate of drug-likeness (QED) is 0.655. The van der Waals surface area contributed by atoms with Gasteiger partial charge in [-0.3, -0.25) is 0 Å². The second kappa shape index (κ2) is 7.53. The van der Waals surface area contributed by atoms with Gasteiger partial charge in [0.1, 0.15) is 0 Å². The first-order valence-corrected chi connectivity index (χ1v) is 8.28. The van der Waals surface area contributed by atoms with Crippen LogP contribution >= 0.6 is 11.3 Å². The van der Waals surface area contributed by atoms with Crippen LogP contribution in [0.1, 0.15) is 45.1 Å². The van der Waals surface area contributed by atoms with E-state index in [1.807, 2.05) is 0 Å². The van der Waals surface area contributed by atoms with Crippen LogP contribution in [0, 0.1) is 5.92 Å². The van der Waals surface area contributed by atoms with Gasteiger partial charge in [-0.2, -0.15) is 11.3 Å². The zero-order chi connectivity index (χ0) is 13.5. The lowest BCUT2D eigenvalue weighted by Gasteiger charge is -2.28. The van der Waals surface area contributed by atoms with E-state index in [1.54, 1.807) is 11.3 Å². The summed E-state index contributed by atoms with van der Waals surface area (Å²) in [6.07, 6.45) is 5.21. The zero-order valence-corrected chi connectivity index (χ0v) is 12.8. The number of nitrogens with one attached hydrogen (secondary N) is 2. The lowest BCUT2D eigenvalue weighted by Crippen LogP contribution is -2.44. The third-order valence-corrected chi connectivity index (χ3v) is 4.43. The normalized spacial score (nSPS) is 24.2. The highest BCUT2D eigenvalue weighted by atomic mass is 32.1. The van der Waals surface area contributed by atoms with E-state index in [2.05, 4.69) is 46.3 Å². The molecule has 0 saturated heterocycles. The monoisotopic (exact) mass is 279 g/mol. The summed E-state index contributed by atoms with van der Waals surface area (Å²) >= 11 is 1.73. The molecule has 0 spiro atoms. The maximum atomic E-state index is 4.67. The van der Waals surface area contributed by atoms with Crippen molar-refractivity contribution in [3.8, 4) is 0 Å². The Morgan fingerprint density at radius 3 is 2.79 bits per heavy atom. The standard InChI is InChI=1S/C15H25N3S/c1-3-16-15(17-10-13-8-9-19-11-13)18-14-6-4-12(2)5-7-14/h8-9,11-12,14H,3-7,10H2,1-2H3,(H2,16,17,18). The number of aliphatic imine (C=N–C) groups is 1. The van der Waals surface area contributed by atoms with Gasteiger partial charge in [-0.1, -0.05) is 6.92 Å². The van der Waals surface area contributed by atoms with Crippen LogP contribution in [0.4, 0.5) is 0 Å². The molecule has 2 N–H and O–H groups in total. The van der Waals surface area contributed by atoms with E-state index in [0.717, 1.165) is 25.0 Å². The Morgan fingerprint density at radius 2 is 2.16 bits per heavy atom. The number of thiophene rings is 1. The fourth-order valence-electron chi connectivity index (χ4n) is 2.47. The maximum absolute atomic E-state index is 4.67. The Balaban J connectivity index is 1.86. The summed E-state index contributed by atoms with van der Waals surface area (Å²) in [5.74, 6) is 1.86. The molecule has 1 aromatic rings. The molecule has 1 fully saturated rings. The average molecular weight is 279 g/mol. The molecule has 1 aliphatic carbocycles. The van der Waals surface area contributed by atoms with Crippen molar-refractivity contribution in [2.45, 2.75) is 52.1 Å². The number of guanidine groups is 1. The van der Waals surface area contributed by atoms with Gasteiger partial charge in [0.15, 0.2) is 5.96 Å². The predicted molar refractivity (Wildman–Crippen MR) is 83.7 cm³/mol. The highest BCUT2D eigenvalue weighted by molar-refractivity contribution is 7.07. The van der Waals surface area contributed by atoms with Crippen molar-refractivity contribution in [1.29, 1.82) is 0 Å². The van der Waals surface area contributed by atoms with Crippen LogP contribution in [0.5, 0.6) is 0 Å². The molecule has 0 atom stereocenters. The molecule has 0 aliphatic heterocycles. The number of hydrogen-bond acceptors (Lipinski definition) is 2. The Hall–Kier alpha value is -1.03. The van der Waals surface area contributed by atoms with E-state index in [1.165, 1.54) is 31.2 Å². The minimum absolute atomic E-state index is 0.594. The third-order valence-electron chi connectivity index (χ3n) is 3.70. The van der Waals surface area contributed by atoms with Crippen LogP contribution in [0.15, 0.2) is 21.8 Å². The van der Waals surface area contributed by atoms with E-state index in [-0.39, 0.29) is 0 Å². The molecule has 3 nitrogen and oxygen atoms in total. The first kappa shape index (κ1) is 14.4. The lowest BCUT2D eigenvalue weighted by molar-refractivity contribution is 0.329. The van der Waals surface area contributed by atoms with E-state index < -0.39 is 0 Å². The van der Waals surface area contributed by atoms with Crippen molar-refractivity contribution in [1.82, 2.24) is 10.6 Å². The molecule has 2 rings (SSSR count). The van der Waals surface area contributed by atoms with Crippen LogP contribution < -0.4 is 10.6 Å². The summed E-state index contributed by atoms with van der Waals surface area (Å²) in [4.78, 5) is 4.67. The molecule has 0 aromatic carbocycles. The number of nitrogens with zero attached hydrogens (tertiary/aromatic N) is 1. The van der Waals surface area contributed by atoms with Crippen molar-refractivity contribution in [2.75, 3.05) is 6.54 Å². The molecule has 0 bridgehead atoms. The second-order valence-corrected chi connectivity index (χ2v) is 6.21. The summed E-state index contributed by atoms with van der Waals surface area (Å²) in [6.45, 7) is 6.15. The summed E-state index contributed by atoms with van der Waals surface area (Å²) in [5, 5.41) is 11.2. The van der Waals surface area contributed by atoms with Crippen molar-refractivity contribution >= 4 is 17.3 Å². The molecular weight excluding hydrogens is 254 g/mol. The first-order valence-electron chi connectivity index (χ1n) is 7.34. The highest BCUT2D eigenvalue weighted by Crippen LogP contribution is 2.23. The van der Waals surface area contributed by atoms with Crippen molar-refractivity contribution < 1.29 is 0 Å². The van der Waals surface area contributed by atoms with Gasteiger partial charge in [0.25, 0.3) is 0 Å². The molecule has 19 heavy (non-hydrogen) atoms. The molecule has 0 unspecified atom stereocenters. The SMILES string of the molecule is CCNC(=NCc1ccsc1)NC1CCC(C)CC1. The van der Waals surface area contributed by atoms with Crippen LogP contribution in [0.3, 0.4) is 0 Å². The predicted octanol–water partition coefficient (Wildman–Crippen LogP) is 3.38. The molecule has 1 heterocycles. The Morgan fingerprint density at radius 1 is 1.37 bits per heavy atom. The topological polar surface area (TPSA) is 36.4 Å². The van der Waals surface area contributed by atoms with Crippen LogP contribution in [-0.2, 0) is 6.54 Å². The largest absolute Gasteiger partial charge is 0.357 e. The molecular formula is C15H25N3S. The third kappa shape index (κ3) is 4.86. The van der Waals surface area contributed by atoms with Crippen molar-refractivity contribution in [3.05, 3.63) is 22.4 Å². The van der Waals surface area contributed by atoms with Gasteiger partial charge in [-0.15, -0.1) is 0 Å². The number of hydrogen-bond donors (Lipinski definition) is 2. The van der Waals surface area contributed by atoms with Gasteiger partial charge < -0.3 is 10.6 Å². The molecule has 4 heteroatoms. The van der Waals surface area contributed by atoms with Gasteiger partial charge in [-0.05, 0) is 60.9 Å². The Labute approximate surface area is 120 Å². The molecule has 0 amide bonds. The van der Waals surface area contributed by atoms with Crippen molar-refractivity contribution in [3.63, 3.8) is 0 Å². The van der Waals surface area contributed by atoms with E-state index in [4.69, 9.17) is 0 Å². The molecule has 0 radical (unpaired) electrons. The summed E-state index contributed by atoms with van der Waals surface area (Å²) in [6, 6.07) is 2.73. The van der Waals surface area contributed by atoms with Gasteiger partial charge in [0.2, 0.25) is 0 Å². The molecule has 1 aromatic heterocycles. The van der Waals surface area contributed by atoms with Crippen LogP contribution in [-0.4, -0.2) is 18.5 Å². The minimum Gasteiger partial charge on any atom is -0.357 e. The fraction of sp³-hybridized carbons (Fsp3) is 0.667. The van der Waals surface area contributed by atoms with Gasteiger partial charge >= 0.3 is 0 Å². The summed E-state index contributed by atoms with van der Waals surface area (Å²) < 4.78 is 0. The van der Waals surface area contributed by atoms with E-state index in [0.29, 0.717) is 6.04 Å². The zero-order valence-electron chi connectivity index (χ0n) is 12.0. The van der Waals surface area contributed by atoms with Gasteiger partial charge in [-0.25, -0.2) is 4.99 Å². The minimum atomic E-state index is 0.594. The van der Waals surface area contributed by atoms with Crippen LogP contribution in [0.25, 0.3) is 0 Å². The first-order chi connectivity index (χ1) is 9.28. The molecule has 1 aliphatic rings. The molecule has 1 saturated carbocycles. The number of rotatable bonds is 4. The summed E-state index contributed by atoms with van der Waals surface area (Å²) in [5.41, 5.74) is 1.29. The Kier molecular flexibility index (Phi) is 5.70. The van der Waals surface area contributed by atoms with E-state index in [9.17, 15) is 0 Å². The lowest BCUT2D eigenvalue weighted by atomic mass is 9.87. The Bertz CT molecular complexity index is 378. The van der Waals surface area contributed by atoms with Gasteiger partial charge in [0, 0.05) is 12.6 Å². The second-order valence-electron chi connectivity index (χ2n) is 5.43. The average Bonchev–Trinajstić information content (AvgIpc) is 2.92. The maximum Gasteiger partial charge on any atom is 0.191 e. The molecule has 106 valence electrons. The highest BCUT2D eigenvalue weighted by Gasteiger charge is 2.18. The van der Waals surface area contributed by atoms with Crippen LogP contribution in [0.2, 0.25) is 0 Å². The van der Waals surface area contributed by atoms with Crippen molar-refractivity contribution in [2.24, 2.45) is 10.9 Å². The van der Waals surface area contributed by atoms with E-state index >= 15 is 0 Å². The fourth-order valence-corrected chi connectivity index (χ4v) is 3.13. The smallest absolute Gasteiger partial charge is 0.191 e. The van der Waals surface area contributed by atoms with Gasteiger partial charge in [0.05, 0.1) is 6.54 Å².